The van der Waals surface area contributed by atoms with Crippen LogP contribution in [0.5, 0.6) is 5.75 Å². The molecule has 0 radical (unpaired) electrons. The molecule has 0 atom stereocenters. The van der Waals surface area contributed by atoms with Gasteiger partial charge in [-0.25, -0.2) is 4.39 Å². The summed E-state index contributed by atoms with van der Waals surface area (Å²) in [6.45, 7) is 0.160. The Hall–Kier alpha value is -2.08. The average molecular weight is 339 g/mol. The van der Waals surface area contributed by atoms with E-state index in [9.17, 15) is 9.18 Å². The number of nitrogen functional groups attached to an aromatic ring is 1. The maximum Gasteiger partial charge on any atom is 0.248 e. The van der Waals surface area contributed by atoms with Crippen LogP contribution in [-0.4, -0.2) is 5.91 Å². The zero-order chi connectivity index (χ0) is 14.7. The molecule has 0 saturated heterocycles. The highest BCUT2D eigenvalue weighted by atomic mass is 79.9. The van der Waals surface area contributed by atoms with Crippen molar-refractivity contribution in [1.82, 2.24) is 0 Å². The number of amides is 1. The fourth-order valence-corrected chi connectivity index (χ4v) is 1.98. The van der Waals surface area contributed by atoms with E-state index in [0.29, 0.717) is 27.0 Å². The second kappa shape index (κ2) is 5.92. The highest BCUT2D eigenvalue weighted by Gasteiger charge is 2.07. The second-order valence-electron chi connectivity index (χ2n) is 4.14. The summed E-state index contributed by atoms with van der Waals surface area (Å²) < 4.78 is 19.3. The van der Waals surface area contributed by atoms with Gasteiger partial charge in [-0.3, -0.25) is 4.79 Å². The molecular formula is C14H12BrFN2O2. The van der Waals surface area contributed by atoms with Crippen molar-refractivity contribution in [3.63, 3.8) is 0 Å². The molecule has 0 heterocycles. The minimum absolute atomic E-state index is 0.160. The molecule has 0 fully saturated rings. The van der Waals surface area contributed by atoms with Crippen molar-refractivity contribution in [3.05, 3.63) is 57.8 Å². The van der Waals surface area contributed by atoms with Gasteiger partial charge in [0.25, 0.3) is 0 Å². The molecule has 20 heavy (non-hydrogen) atoms. The molecule has 4 nitrogen and oxygen atoms in total. The fourth-order valence-electron chi connectivity index (χ4n) is 1.62. The van der Waals surface area contributed by atoms with E-state index < -0.39 is 5.91 Å². The lowest BCUT2D eigenvalue weighted by atomic mass is 10.1. The molecule has 0 bridgehead atoms. The maximum absolute atomic E-state index is 13.1. The number of rotatable bonds is 4. The van der Waals surface area contributed by atoms with Crippen molar-refractivity contribution in [2.24, 2.45) is 5.73 Å². The minimum Gasteiger partial charge on any atom is -0.488 e. The Morgan fingerprint density at radius 1 is 1.25 bits per heavy atom. The summed E-state index contributed by atoms with van der Waals surface area (Å²) in [5.74, 6) is -0.555. The Morgan fingerprint density at radius 2 is 2.00 bits per heavy atom. The Balaban J connectivity index is 2.15. The van der Waals surface area contributed by atoms with Crippen LogP contribution >= 0.6 is 15.9 Å². The van der Waals surface area contributed by atoms with Crippen molar-refractivity contribution in [2.75, 3.05) is 5.73 Å². The summed E-state index contributed by atoms with van der Waals surface area (Å²) in [5.41, 5.74) is 12.4. The van der Waals surface area contributed by atoms with Crippen molar-refractivity contribution < 1.29 is 13.9 Å². The summed E-state index contributed by atoms with van der Waals surface area (Å²) in [7, 11) is 0. The number of benzene rings is 2. The zero-order valence-electron chi connectivity index (χ0n) is 10.4. The van der Waals surface area contributed by atoms with Gasteiger partial charge in [-0.1, -0.05) is 6.07 Å². The van der Waals surface area contributed by atoms with Gasteiger partial charge >= 0.3 is 0 Å². The smallest absolute Gasteiger partial charge is 0.248 e. The van der Waals surface area contributed by atoms with E-state index in [2.05, 4.69) is 15.9 Å². The van der Waals surface area contributed by atoms with Crippen LogP contribution in [0, 0.1) is 5.82 Å². The average Bonchev–Trinajstić information content (AvgIpc) is 2.40. The van der Waals surface area contributed by atoms with Crippen LogP contribution in [-0.2, 0) is 6.61 Å². The summed E-state index contributed by atoms with van der Waals surface area (Å²) >= 11 is 3.27. The fraction of sp³-hybridized carbons (Fsp3) is 0.0714. The second-order valence-corrected chi connectivity index (χ2v) is 5.00. The topological polar surface area (TPSA) is 78.3 Å². The van der Waals surface area contributed by atoms with Crippen LogP contribution < -0.4 is 16.2 Å². The molecule has 4 N–H and O–H groups in total. The number of halogens is 2. The standard InChI is InChI=1S/C14H12BrFN2O2/c15-11-4-3-10(16)6-13(11)20-7-9-2-1-8(14(18)19)5-12(9)17/h1-6H,7,17H2,(H2,18,19). The molecule has 0 unspecified atom stereocenters. The summed E-state index contributed by atoms with van der Waals surface area (Å²) in [6.07, 6.45) is 0. The van der Waals surface area contributed by atoms with E-state index in [-0.39, 0.29) is 12.4 Å². The van der Waals surface area contributed by atoms with E-state index in [1.807, 2.05) is 0 Å². The van der Waals surface area contributed by atoms with E-state index in [0.717, 1.165) is 0 Å². The molecule has 2 aromatic rings. The Morgan fingerprint density at radius 3 is 2.65 bits per heavy atom. The molecule has 0 saturated carbocycles. The van der Waals surface area contributed by atoms with Gasteiger partial charge < -0.3 is 16.2 Å². The third kappa shape index (κ3) is 3.27. The maximum atomic E-state index is 13.1. The first-order valence-corrected chi connectivity index (χ1v) is 6.52. The first-order chi connectivity index (χ1) is 9.47. The molecule has 6 heteroatoms. The van der Waals surface area contributed by atoms with E-state index in [1.165, 1.54) is 18.2 Å². The van der Waals surface area contributed by atoms with Gasteiger partial charge in [0.1, 0.15) is 18.2 Å². The number of nitrogens with two attached hydrogens (primary N) is 2. The summed E-state index contributed by atoms with van der Waals surface area (Å²) in [5, 5.41) is 0. The molecule has 0 aliphatic rings. The van der Waals surface area contributed by atoms with E-state index in [4.69, 9.17) is 16.2 Å². The highest BCUT2D eigenvalue weighted by Crippen LogP contribution is 2.27. The molecule has 2 rings (SSSR count). The molecule has 0 spiro atoms. The number of primary amides is 1. The van der Waals surface area contributed by atoms with Crippen LogP contribution in [0.4, 0.5) is 10.1 Å². The van der Waals surface area contributed by atoms with E-state index in [1.54, 1.807) is 18.2 Å². The number of hydrogen-bond donors (Lipinski definition) is 2. The van der Waals surface area contributed by atoms with Crippen molar-refractivity contribution in [1.29, 1.82) is 0 Å². The van der Waals surface area contributed by atoms with Gasteiger partial charge in [-0.05, 0) is 40.2 Å². The van der Waals surface area contributed by atoms with Crippen LogP contribution in [0.25, 0.3) is 0 Å². The number of hydrogen-bond acceptors (Lipinski definition) is 3. The van der Waals surface area contributed by atoms with Crippen molar-refractivity contribution in [3.8, 4) is 5.75 Å². The largest absolute Gasteiger partial charge is 0.488 e. The van der Waals surface area contributed by atoms with Crippen LogP contribution in [0.3, 0.4) is 0 Å². The summed E-state index contributed by atoms with van der Waals surface area (Å²) in [6, 6.07) is 8.87. The zero-order valence-corrected chi connectivity index (χ0v) is 12.0. The number of anilines is 1. The Kier molecular flexibility index (Phi) is 4.24. The molecule has 2 aromatic carbocycles. The normalized spacial score (nSPS) is 10.3. The van der Waals surface area contributed by atoms with Gasteiger partial charge in [-0.15, -0.1) is 0 Å². The lowest BCUT2D eigenvalue weighted by Gasteiger charge is -2.10. The minimum atomic E-state index is -0.544. The number of carbonyl (C=O) groups excluding carboxylic acids is 1. The third-order valence-corrected chi connectivity index (χ3v) is 3.36. The van der Waals surface area contributed by atoms with Crippen LogP contribution in [0.15, 0.2) is 40.9 Å². The van der Waals surface area contributed by atoms with Crippen molar-refractivity contribution in [2.45, 2.75) is 6.61 Å². The third-order valence-electron chi connectivity index (χ3n) is 2.71. The van der Waals surface area contributed by atoms with Crippen molar-refractivity contribution >= 4 is 27.5 Å². The Bertz CT molecular complexity index is 662. The molecule has 0 aliphatic carbocycles. The molecule has 0 aliphatic heterocycles. The van der Waals surface area contributed by atoms with E-state index >= 15 is 0 Å². The number of carbonyl (C=O) groups is 1. The first-order valence-electron chi connectivity index (χ1n) is 5.73. The van der Waals surface area contributed by atoms with Crippen LogP contribution in [0.1, 0.15) is 15.9 Å². The quantitative estimate of drug-likeness (QED) is 0.841. The first kappa shape index (κ1) is 14.3. The van der Waals surface area contributed by atoms with Gasteiger partial charge in [0.05, 0.1) is 4.47 Å². The lowest BCUT2D eigenvalue weighted by Crippen LogP contribution is -2.12. The number of ether oxygens (including phenoxy) is 1. The molecule has 104 valence electrons. The monoisotopic (exact) mass is 338 g/mol. The predicted molar refractivity (Wildman–Crippen MR) is 77.8 cm³/mol. The van der Waals surface area contributed by atoms with Gasteiger partial charge in [-0.2, -0.15) is 0 Å². The van der Waals surface area contributed by atoms with Gasteiger partial charge in [0.15, 0.2) is 0 Å². The molecular weight excluding hydrogens is 327 g/mol. The van der Waals surface area contributed by atoms with Crippen LogP contribution in [0.2, 0.25) is 0 Å². The van der Waals surface area contributed by atoms with Gasteiger partial charge in [0.2, 0.25) is 5.91 Å². The molecule has 0 aromatic heterocycles. The Labute approximate surface area is 123 Å². The summed E-state index contributed by atoms with van der Waals surface area (Å²) in [4.78, 5) is 11.0. The SMILES string of the molecule is NC(=O)c1ccc(COc2cc(F)ccc2Br)c(N)c1. The predicted octanol–water partition coefficient (Wildman–Crippen LogP) is 2.85. The lowest BCUT2D eigenvalue weighted by molar-refractivity contribution is 0.100. The van der Waals surface area contributed by atoms with Gasteiger partial charge in [0, 0.05) is 22.9 Å². The highest BCUT2D eigenvalue weighted by molar-refractivity contribution is 9.10. The molecule has 1 amide bonds.